The van der Waals surface area contributed by atoms with Gasteiger partial charge in [0.25, 0.3) is 5.22 Å². The highest BCUT2D eigenvalue weighted by Crippen LogP contribution is 2.37. The van der Waals surface area contributed by atoms with Gasteiger partial charge in [0.05, 0.1) is 13.2 Å². The topological polar surface area (TPSA) is 57.4 Å². The minimum atomic E-state index is -0.793. The average molecular weight is 386 g/mol. The van der Waals surface area contributed by atoms with Crippen molar-refractivity contribution in [1.82, 2.24) is 10.2 Å². The van der Waals surface area contributed by atoms with Gasteiger partial charge in [0.1, 0.15) is 5.82 Å². The fourth-order valence-corrected chi connectivity index (χ4v) is 3.74. The Bertz CT molecular complexity index is 864. The number of ether oxygens (including phenoxy) is 2. The van der Waals surface area contributed by atoms with Gasteiger partial charge in [-0.1, -0.05) is 42.1 Å². The van der Waals surface area contributed by atoms with Crippen molar-refractivity contribution in [3.8, 4) is 11.5 Å². The Morgan fingerprint density at radius 2 is 1.70 bits per heavy atom. The number of benzene rings is 2. The van der Waals surface area contributed by atoms with E-state index < -0.39 is 5.79 Å². The lowest BCUT2D eigenvalue weighted by Gasteiger charge is -2.27. The summed E-state index contributed by atoms with van der Waals surface area (Å²) in [6, 6.07) is 16.0. The molecule has 0 amide bonds. The quantitative estimate of drug-likeness (QED) is 0.435. The highest BCUT2D eigenvalue weighted by atomic mass is 32.2. The Labute approximate surface area is 160 Å². The highest BCUT2D eigenvalue weighted by Gasteiger charge is 2.38. The lowest BCUT2D eigenvalue weighted by Crippen LogP contribution is -2.27. The summed E-state index contributed by atoms with van der Waals surface area (Å²) in [5, 5.41) is 8.72. The summed E-state index contributed by atoms with van der Waals surface area (Å²) in [5.74, 6) is 0.237. The molecule has 7 heteroatoms. The molecule has 0 aliphatic carbocycles. The van der Waals surface area contributed by atoms with Gasteiger partial charge in [-0.05, 0) is 30.7 Å². The first kappa shape index (κ1) is 18.2. The van der Waals surface area contributed by atoms with Gasteiger partial charge in [0.2, 0.25) is 5.89 Å². The molecular formula is C20H19FN2O3S. The van der Waals surface area contributed by atoms with E-state index in [1.807, 2.05) is 30.3 Å². The Kier molecular flexibility index (Phi) is 5.52. The summed E-state index contributed by atoms with van der Waals surface area (Å²) in [6.07, 6.45) is 1.50. The second-order valence-electron chi connectivity index (χ2n) is 6.15. The van der Waals surface area contributed by atoms with Crippen molar-refractivity contribution in [3.63, 3.8) is 0 Å². The monoisotopic (exact) mass is 386 g/mol. The lowest BCUT2D eigenvalue weighted by atomic mass is 10.0. The zero-order chi connectivity index (χ0) is 18.5. The molecule has 1 saturated heterocycles. The molecule has 0 spiro atoms. The highest BCUT2D eigenvalue weighted by molar-refractivity contribution is 7.99. The van der Waals surface area contributed by atoms with E-state index in [1.54, 1.807) is 12.1 Å². The summed E-state index contributed by atoms with van der Waals surface area (Å²) in [4.78, 5) is 0. The SMILES string of the molecule is Fc1ccc(C2(CCCSc3nnc(-c4ccccc4)o3)OCCO2)cc1. The van der Waals surface area contributed by atoms with E-state index >= 15 is 0 Å². The van der Waals surface area contributed by atoms with E-state index in [4.69, 9.17) is 13.9 Å². The summed E-state index contributed by atoms with van der Waals surface area (Å²) in [5.41, 5.74) is 1.75. The van der Waals surface area contributed by atoms with Crippen LogP contribution in [0.3, 0.4) is 0 Å². The van der Waals surface area contributed by atoms with Crippen LogP contribution in [-0.4, -0.2) is 29.2 Å². The molecule has 1 aliphatic heterocycles. The molecule has 140 valence electrons. The van der Waals surface area contributed by atoms with Gasteiger partial charge in [-0.2, -0.15) is 0 Å². The molecule has 0 saturated carbocycles. The van der Waals surface area contributed by atoms with Gasteiger partial charge < -0.3 is 13.9 Å². The van der Waals surface area contributed by atoms with Crippen LogP contribution in [0.5, 0.6) is 0 Å². The first-order valence-corrected chi connectivity index (χ1v) is 9.79. The fraction of sp³-hybridized carbons (Fsp3) is 0.300. The van der Waals surface area contributed by atoms with Crippen molar-refractivity contribution >= 4 is 11.8 Å². The maximum absolute atomic E-state index is 13.2. The summed E-state index contributed by atoms with van der Waals surface area (Å²) in [6.45, 7) is 1.07. The van der Waals surface area contributed by atoms with Gasteiger partial charge in [0, 0.05) is 23.3 Å². The van der Waals surface area contributed by atoms with Crippen LogP contribution in [0.15, 0.2) is 64.2 Å². The first-order chi connectivity index (χ1) is 13.3. The number of nitrogens with zero attached hydrogens (tertiary/aromatic N) is 2. The second kappa shape index (κ2) is 8.21. The first-order valence-electron chi connectivity index (χ1n) is 8.81. The number of halogens is 1. The van der Waals surface area contributed by atoms with Crippen LogP contribution in [0.1, 0.15) is 18.4 Å². The van der Waals surface area contributed by atoms with Gasteiger partial charge in [-0.25, -0.2) is 4.39 Å². The molecule has 4 rings (SSSR count). The molecule has 5 nitrogen and oxygen atoms in total. The van der Waals surface area contributed by atoms with Crippen molar-refractivity contribution in [1.29, 1.82) is 0 Å². The number of hydrogen-bond acceptors (Lipinski definition) is 6. The smallest absolute Gasteiger partial charge is 0.276 e. The van der Waals surface area contributed by atoms with E-state index in [0.717, 1.165) is 23.3 Å². The molecule has 1 fully saturated rings. The van der Waals surface area contributed by atoms with Crippen molar-refractivity contribution < 1.29 is 18.3 Å². The van der Waals surface area contributed by atoms with Gasteiger partial charge in [-0.15, -0.1) is 10.2 Å². The van der Waals surface area contributed by atoms with Gasteiger partial charge in [0.15, 0.2) is 5.79 Å². The number of hydrogen-bond donors (Lipinski definition) is 0. The Balaban J connectivity index is 1.34. The molecule has 0 unspecified atom stereocenters. The average Bonchev–Trinajstić information content (AvgIpc) is 3.37. The summed E-state index contributed by atoms with van der Waals surface area (Å²) in [7, 11) is 0. The normalized spacial score (nSPS) is 15.9. The molecular weight excluding hydrogens is 367 g/mol. The van der Waals surface area contributed by atoms with E-state index in [-0.39, 0.29) is 5.82 Å². The lowest BCUT2D eigenvalue weighted by molar-refractivity contribution is -0.170. The fourth-order valence-electron chi connectivity index (χ4n) is 3.04. The van der Waals surface area contributed by atoms with Crippen LogP contribution in [-0.2, 0) is 15.3 Å². The zero-order valence-electron chi connectivity index (χ0n) is 14.6. The molecule has 2 aromatic carbocycles. The van der Waals surface area contributed by atoms with E-state index in [0.29, 0.717) is 30.7 Å². The molecule has 2 heterocycles. The molecule has 27 heavy (non-hydrogen) atoms. The van der Waals surface area contributed by atoms with Crippen LogP contribution in [0.2, 0.25) is 0 Å². The predicted octanol–water partition coefficient (Wildman–Crippen LogP) is 4.65. The van der Waals surface area contributed by atoms with Gasteiger partial charge >= 0.3 is 0 Å². The third kappa shape index (κ3) is 4.21. The second-order valence-corrected chi connectivity index (χ2v) is 7.19. The number of aromatic nitrogens is 2. The standard InChI is InChI=1S/C20H19FN2O3S/c21-17-9-7-16(8-10-17)20(24-12-13-25-20)11-4-14-27-19-23-22-18(26-19)15-5-2-1-3-6-15/h1-3,5-10H,4,11-14H2. The van der Waals surface area contributed by atoms with Gasteiger partial charge in [-0.3, -0.25) is 0 Å². The van der Waals surface area contributed by atoms with E-state index in [9.17, 15) is 4.39 Å². The van der Waals surface area contributed by atoms with Crippen molar-refractivity contribution in [3.05, 3.63) is 66.0 Å². The molecule has 0 bridgehead atoms. The van der Waals surface area contributed by atoms with Crippen LogP contribution in [0, 0.1) is 5.82 Å². The Morgan fingerprint density at radius 3 is 2.44 bits per heavy atom. The summed E-state index contributed by atoms with van der Waals surface area (Å²) >= 11 is 1.50. The van der Waals surface area contributed by atoms with Crippen molar-refractivity contribution in [2.45, 2.75) is 23.9 Å². The van der Waals surface area contributed by atoms with Crippen LogP contribution in [0.4, 0.5) is 4.39 Å². The third-order valence-corrected chi connectivity index (χ3v) is 5.25. The summed E-state index contributed by atoms with van der Waals surface area (Å²) < 4.78 is 30.7. The zero-order valence-corrected chi connectivity index (χ0v) is 15.5. The minimum absolute atomic E-state index is 0.270. The molecule has 0 N–H and O–H groups in total. The third-order valence-electron chi connectivity index (χ3n) is 4.34. The van der Waals surface area contributed by atoms with E-state index in [1.165, 1.54) is 23.9 Å². The van der Waals surface area contributed by atoms with Crippen LogP contribution >= 0.6 is 11.8 Å². The number of thioether (sulfide) groups is 1. The minimum Gasteiger partial charge on any atom is -0.411 e. The number of rotatable bonds is 7. The van der Waals surface area contributed by atoms with Crippen molar-refractivity contribution in [2.75, 3.05) is 19.0 Å². The predicted molar refractivity (Wildman–Crippen MR) is 99.7 cm³/mol. The molecule has 0 atom stereocenters. The largest absolute Gasteiger partial charge is 0.411 e. The Morgan fingerprint density at radius 1 is 0.963 bits per heavy atom. The van der Waals surface area contributed by atoms with Crippen LogP contribution < -0.4 is 0 Å². The maximum atomic E-state index is 13.2. The Hall–Kier alpha value is -2.22. The van der Waals surface area contributed by atoms with E-state index in [2.05, 4.69) is 10.2 Å². The molecule has 1 aromatic heterocycles. The molecule has 0 radical (unpaired) electrons. The maximum Gasteiger partial charge on any atom is 0.276 e. The molecule has 3 aromatic rings. The van der Waals surface area contributed by atoms with Crippen LogP contribution in [0.25, 0.3) is 11.5 Å². The van der Waals surface area contributed by atoms with Crippen molar-refractivity contribution in [2.24, 2.45) is 0 Å². The molecule has 1 aliphatic rings.